The molecule has 0 saturated heterocycles. The number of hydrogen-bond acceptors (Lipinski definition) is 2. The van der Waals surface area contributed by atoms with Gasteiger partial charge in [0, 0.05) is 11.6 Å². The van der Waals surface area contributed by atoms with Gasteiger partial charge in [0.05, 0.1) is 7.11 Å². The van der Waals surface area contributed by atoms with Crippen LogP contribution in [0.15, 0.2) is 42.5 Å². The zero-order valence-corrected chi connectivity index (χ0v) is 8.40. The van der Waals surface area contributed by atoms with E-state index >= 15 is 0 Å². The van der Waals surface area contributed by atoms with Crippen molar-refractivity contribution in [3.63, 3.8) is 0 Å². The Morgan fingerprint density at radius 2 is 1.87 bits per heavy atom. The number of phenolic OH excluding ortho intramolecular Hbond substituents is 1. The van der Waals surface area contributed by atoms with E-state index in [0.29, 0.717) is 5.75 Å². The lowest BCUT2D eigenvalue weighted by molar-refractivity contribution is 0.415. The van der Waals surface area contributed by atoms with E-state index in [-0.39, 0.29) is 5.75 Å². The molecule has 15 heavy (non-hydrogen) atoms. The lowest BCUT2D eigenvalue weighted by Crippen LogP contribution is -1.87. The summed E-state index contributed by atoms with van der Waals surface area (Å²) in [7, 11) is 1.62. The van der Waals surface area contributed by atoms with E-state index in [9.17, 15) is 5.11 Å². The second-order valence-corrected chi connectivity index (χ2v) is 3.16. The first-order chi connectivity index (χ1) is 7.31. The van der Waals surface area contributed by atoms with Gasteiger partial charge >= 0.3 is 0 Å². The molecular weight excluding hydrogens is 188 g/mol. The summed E-state index contributed by atoms with van der Waals surface area (Å²) in [4.78, 5) is 0. The molecular formula is C13H11O2. The van der Waals surface area contributed by atoms with Gasteiger partial charge in [-0.15, -0.1) is 0 Å². The maximum absolute atomic E-state index is 9.19. The van der Waals surface area contributed by atoms with Gasteiger partial charge in [-0.3, -0.25) is 0 Å². The van der Waals surface area contributed by atoms with Crippen LogP contribution in [-0.2, 0) is 0 Å². The summed E-state index contributed by atoms with van der Waals surface area (Å²) in [5, 5.41) is 9.19. The number of rotatable bonds is 2. The third-order valence-electron chi connectivity index (χ3n) is 2.20. The second kappa shape index (κ2) is 4.05. The number of phenols is 1. The highest BCUT2D eigenvalue weighted by Gasteiger charge is 2.04. The van der Waals surface area contributed by atoms with Gasteiger partial charge in [0.2, 0.25) is 0 Å². The monoisotopic (exact) mass is 199 g/mol. The lowest BCUT2D eigenvalue weighted by Gasteiger charge is -2.07. The van der Waals surface area contributed by atoms with Gasteiger partial charge in [0.15, 0.2) is 0 Å². The van der Waals surface area contributed by atoms with Gasteiger partial charge in [-0.05, 0) is 17.7 Å². The van der Waals surface area contributed by atoms with Gasteiger partial charge in [0.25, 0.3) is 0 Å². The number of para-hydroxylation sites is 1. The molecule has 0 atom stereocenters. The number of benzene rings is 2. The summed E-state index contributed by atoms with van der Waals surface area (Å²) in [5.74, 6) is 0.973. The normalized spacial score (nSPS) is 9.93. The van der Waals surface area contributed by atoms with Gasteiger partial charge in [-0.2, -0.15) is 0 Å². The molecule has 0 spiro atoms. The van der Waals surface area contributed by atoms with Gasteiger partial charge in [-0.1, -0.05) is 30.3 Å². The molecule has 1 radical (unpaired) electrons. The van der Waals surface area contributed by atoms with Crippen LogP contribution < -0.4 is 4.74 Å². The highest BCUT2D eigenvalue weighted by molar-refractivity contribution is 5.70. The molecule has 0 fully saturated rings. The second-order valence-electron chi connectivity index (χ2n) is 3.16. The molecule has 0 unspecified atom stereocenters. The highest BCUT2D eigenvalue weighted by Crippen LogP contribution is 2.29. The van der Waals surface area contributed by atoms with Crippen molar-refractivity contribution in [2.75, 3.05) is 7.11 Å². The Morgan fingerprint density at radius 3 is 2.53 bits per heavy atom. The molecule has 0 aliphatic heterocycles. The first-order valence-corrected chi connectivity index (χ1v) is 4.65. The minimum atomic E-state index is 0.262. The fourth-order valence-corrected chi connectivity index (χ4v) is 1.46. The van der Waals surface area contributed by atoms with Crippen molar-refractivity contribution in [1.82, 2.24) is 0 Å². The maximum atomic E-state index is 9.19. The standard InChI is InChI=1S/C13H11O2/c1-15-13-5-3-2-4-12(13)10-6-8-11(14)9-7-10/h2-4,6-9,14H,1H3. The van der Waals surface area contributed by atoms with E-state index in [1.54, 1.807) is 19.2 Å². The average molecular weight is 199 g/mol. The molecule has 75 valence electrons. The predicted molar refractivity (Wildman–Crippen MR) is 58.9 cm³/mol. The van der Waals surface area contributed by atoms with Crippen molar-refractivity contribution >= 4 is 0 Å². The van der Waals surface area contributed by atoms with Crippen molar-refractivity contribution in [3.8, 4) is 22.6 Å². The zero-order chi connectivity index (χ0) is 10.7. The summed E-state index contributed by atoms with van der Waals surface area (Å²) in [6, 6.07) is 15.7. The number of hydrogen-bond donors (Lipinski definition) is 1. The lowest BCUT2D eigenvalue weighted by atomic mass is 10.0. The summed E-state index contributed by atoms with van der Waals surface area (Å²) < 4.78 is 5.21. The molecule has 0 bridgehead atoms. The van der Waals surface area contributed by atoms with E-state index in [0.717, 1.165) is 11.1 Å². The van der Waals surface area contributed by atoms with Crippen molar-refractivity contribution in [1.29, 1.82) is 0 Å². The largest absolute Gasteiger partial charge is 0.508 e. The molecule has 2 aromatic carbocycles. The SMILES string of the molecule is COc1[c]cccc1-c1ccc(O)cc1. The zero-order valence-electron chi connectivity index (χ0n) is 8.40. The van der Waals surface area contributed by atoms with Crippen molar-refractivity contribution in [2.45, 2.75) is 0 Å². The van der Waals surface area contributed by atoms with Crippen LogP contribution in [0.3, 0.4) is 0 Å². The quantitative estimate of drug-likeness (QED) is 0.805. The van der Waals surface area contributed by atoms with Crippen LogP contribution in [0.2, 0.25) is 0 Å². The number of aromatic hydroxyl groups is 1. The minimum absolute atomic E-state index is 0.262. The Balaban J connectivity index is 2.49. The van der Waals surface area contributed by atoms with Crippen LogP contribution in [0, 0.1) is 6.07 Å². The summed E-state index contributed by atoms with van der Waals surface area (Å²) >= 11 is 0. The van der Waals surface area contributed by atoms with E-state index < -0.39 is 0 Å². The molecule has 0 aliphatic rings. The number of ether oxygens (including phenoxy) is 1. The van der Waals surface area contributed by atoms with Gasteiger partial charge in [-0.25, -0.2) is 0 Å². The summed E-state index contributed by atoms with van der Waals surface area (Å²) in [5.41, 5.74) is 1.97. The molecule has 2 aromatic rings. The first kappa shape index (κ1) is 9.59. The van der Waals surface area contributed by atoms with Crippen molar-refractivity contribution in [3.05, 3.63) is 48.5 Å². The van der Waals surface area contributed by atoms with Crippen LogP contribution >= 0.6 is 0 Å². The number of methoxy groups -OCH3 is 1. The maximum Gasteiger partial charge on any atom is 0.134 e. The fourth-order valence-electron chi connectivity index (χ4n) is 1.46. The third-order valence-corrected chi connectivity index (χ3v) is 2.20. The van der Waals surface area contributed by atoms with Crippen molar-refractivity contribution < 1.29 is 9.84 Å². The molecule has 2 heteroatoms. The topological polar surface area (TPSA) is 29.5 Å². The molecule has 0 amide bonds. The Bertz CT molecular complexity index is 446. The van der Waals surface area contributed by atoms with E-state index in [1.807, 2.05) is 30.3 Å². The van der Waals surface area contributed by atoms with Gasteiger partial charge < -0.3 is 9.84 Å². The summed E-state index contributed by atoms with van der Waals surface area (Å²) in [6.45, 7) is 0. The summed E-state index contributed by atoms with van der Waals surface area (Å²) in [6.07, 6.45) is 0. The molecule has 2 nitrogen and oxygen atoms in total. The molecule has 0 aromatic heterocycles. The van der Waals surface area contributed by atoms with E-state index in [1.165, 1.54) is 0 Å². The molecule has 2 rings (SSSR count). The Morgan fingerprint density at radius 1 is 1.13 bits per heavy atom. The van der Waals surface area contributed by atoms with Crippen LogP contribution in [0.1, 0.15) is 0 Å². The Hall–Kier alpha value is -1.96. The fraction of sp³-hybridized carbons (Fsp3) is 0.0769. The predicted octanol–water partition coefficient (Wildman–Crippen LogP) is 2.87. The smallest absolute Gasteiger partial charge is 0.134 e. The van der Waals surface area contributed by atoms with E-state index in [2.05, 4.69) is 6.07 Å². The van der Waals surface area contributed by atoms with E-state index in [4.69, 9.17) is 4.74 Å². The Labute approximate surface area is 88.8 Å². The first-order valence-electron chi connectivity index (χ1n) is 4.65. The highest BCUT2D eigenvalue weighted by atomic mass is 16.5. The van der Waals surface area contributed by atoms with Gasteiger partial charge in [0.1, 0.15) is 11.5 Å². The van der Waals surface area contributed by atoms with Crippen molar-refractivity contribution in [2.24, 2.45) is 0 Å². The van der Waals surface area contributed by atoms with Crippen LogP contribution in [-0.4, -0.2) is 12.2 Å². The molecule has 0 saturated carbocycles. The minimum Gasteiger partial charge on any atom is -0.508 e. The average Bonchev–Trinajstić information content (AvgIpc) is 2.30. The van der Waals surface area contributed by atoms with Crippen LogP contribution in [0.4, 0.5) is 0 Å². The van der Waals surface area contributed by atoms with Crippen LogP contribution in [0.25, 0.3) is 11.1 Å². The van der Waals surface area contributed by atoms with Crippen LogP contribution in [0.5, 0.6) is 11.5 Å². The molecule has 0 heterocycles. The molecule has 0 aliphatic carbocycles. The third kappa shape index (κ3) is 1.94. The Kier molecular flexibility index (Phi) is 2.59. The molecule has 1 N–H and O–H groups in total.